The molecule has 50 heavy (non-hydrogen) atoms. The molecule has 1 atom stereocenters. The van der Waals surface area contributed by atoms with Crippen LogP contribution in [0.1, 0.15) is 38.5 Å². The number of aromatic nitrogens is 1. The molecular formula is C41H41N2NaO5S. The molecular weight excluding hydrogens is 656 g/mol. The normalized spacial score (nSPS) is 14.3. The van der Waals surface area contributed by atoms with Gasteiger partial charge in [-0.15, -0.1) is 0 Å². The average Bonchev–Trinajstić information content (AvgIpc) is 3.45. The second-order valence-electron chi connectivity index (χ2n) is 12.9. The fraction of sp³-hybridized carbons (Fsp3) is 0.268. The van der Waals surface area contributed by atoms with Crippen LogP contribution in [0, 0.1) is 5.92 Å². The van der Waals surface area contributed by atoms with Crippen molar-refractivity contribution >= 4 is 49.0 Å². The molecule has 252 valence electrons. The van der Waals surface area contributed by atoms with E-state index in [1.165, 1.54) is 0 Å². The molecule has 9 heteroatoms. The first-order chi connectivity index (χ1) is 23.8. The number of para-hydroxylation sites is 1. The van der Waals surface area contributed by atoms with Crippen molar-refractivity contribution in [2.45, 2.75) is 50.3 Å². The molecule has 0 aliphatic heterocycles. The monoisotopic (exact) mass is 696 g/mol. The van der Waals surface area contributed by atoms with Crippen LogP contribution in [-0.2, 0) is 16.7 Å². The maximum Gasteiger partial charge on any atom is 1.00 e. The van der Waals surface area contributed by atoms with Gasteiger partial charge < -0.3 is 23.5 Å². The van der Waals surface area contributed by atoms with E-state index in [-0.39, 0.29) is 35.5 Å². The van der Waals surface area contributed by atoms with E-state index in [0.717, 1.165) is 93.6 Å². The van der Waals surface area contributed by atoms with E-state index in [4.69, 9.17) is 9.47 Å². The summed E-state index contributed by atoms with van der Waals surface area (Å²) >= 11 is 0. The number of anilines is 3. The second-order valence-corrected chi connectivity index (χ2v) is 14.5. The topological polar surface area (TPSA) is 83.8 Å². The maximum absolute atomic E-state index is 12.5. The Kier molecular flexibility index (Phi) is 11.3. The number of methoxy groups -OCH3 is 2. The molecule has 5 aromatic carbocycles. The molecule has 0 bridgehead atoms. The molecule has 0 saturated heterocycles. The number of benzene rings is 5. The van der Waals surface area contributed by atoms with Crippen LogP contribution in [-0.4, -0.2) is 37.0 Å². The molecule has 0 spiro atoms. The van der Waals surface area contributed by atoms with Gasteiger partial charge in [0.25, 0.3) is 0 Å². The van der Waals surface area contributed by atoms with Crippen molar-refractivity contribution in [1.82, 2.24) is 4.57 Å². The fourth-order valence-electron chi connectivity index (χ4n) is 7.56. The van der Waals surface area contributed by atoms with Gasteiger partial charge in [0.15, 0.2) is 0 Å². The Balaban J connectivity index is 0.00000432. The van der Waals surface area contributed by atoms with Gasteiger partial charge in [0, 0.05) is 45.4 Å². The molecule has 1 saturated carbocycles. The first-order valence-electron chi connectivity index (χ1n) is 17.0. The van der Waals surface area contributed by atoms with Crippen LogP contribution in [0.25, 0.3) is 32.9 Å². The summed E-state index contributed by atoms with van der Waals surface area (Å²) < 4.78 is 50.5. The van der Waals surface area contributed by atoms with Crippen molar-refractivity contribution in [2.75, 3.05) is 19.1 Å². The van der Waals surface area contributed by atoms with Gasteiger partial charge in [-0.3, -0.25) is 0 Å². The van der Waals surface area contributed by atoms with Gasteiger partial charge in [-0.25, -0.2) is 8.42 Å². The van der Waals surface area contributed by atoms with Crippen molar-refractivity contribution < 1.29 is 52.0 Å². The van der Waals surface area contributed by atoms with Gasteiger partial charge >= 0.3 is 29.6 Å². The summed E-state index contributed by atoms with van der Waals surface area (Å²) in [5.41, 5.74) is 7.20. The van der Waals surface area contributed by atoms with Crippen molar-refractivity contribution in [1.29, 1.82) is 0 Å². The fourth-order valence-corrected chi connectivity index (χ4v) is 8.70. The van der Waals surface area contributed by atoms with E-state index in [1.807, 2.05) is 60.7 Å². The van der Waals surface area contributed by atoms with Gasteiger partial charge in [-0.05, 0) is 109 Å². The van der Waals surface area contributed by atoms with E-state index in [2.05, 4.69) is 64.1 Å². The van der Waals surface area contributed by atoms with Crippen LogP contribution in [0.3, 0.4) is 0 Å². The third kappa shape index (κ3) is 7.46. The molecule has 0 N–H and O–H groups in total. The summed E-state index contributed by atoms with van der Waals surface area (Å²) in [5, 5.41) is 1.37. The minimum absolute atomic E-state index is 0. The first-order valence-corrected chi connectivity index (χ1v) is 18.5. The summed E-state index contributed by atoms with van der Waals surface area (Å²) in [6.07, 6.45) is 5.04. The summed E-state index contributed by atoms with van der Waals surface area (Å²) in [6, 6.07) is 39.2. The molecule has 1 heterocycles. The average molecular weight is 697 g/mol. The molecule has 1 fully saturated rings. The van der Waals surface area contributed by atoms with E-state index in [0.29, 0.717) is 13.0 Å². The third-order valence-corrected chi connectivity index (χ3v) is 11.4. The number of rotatable bonds is 11. The van der Waals surface area contributed by atoms with Crippen molar-refractivity contribution in [3.05, 3.63) is 115 Å². The van der Waals surface area contributed by atoms with E-state index >= 15 is 0 Å². The van der Waals surface area contributed by atoms with Crippen molar-refractivity contribution in [3.63, 3.8) is 0 Å². The number of hydrogen-bond acceptors (Lipinski definition) is 6. The van der Waals surface area contributed by atoms with Crippen molar-refractivity contribution in [2.24, 2.45) is 5.92 Å². The molecule has 6 aromatic rings. The molecule has 1 aromatic heterocycles. The molecule has 1 unspecified atom stereocenters. The zero-order valence-electron chi connectivity index (χ0n) is 28.9. The van der Waals surface area contributed by atoms with Crippen LogP contribution >= 0.6 is 0 Å². The molecule has 0 radical (unpaired) electrons. The zero-order chi connectivity index (χ0) is 34.0. The smallest absolute Gasteiger partial charge is 0.748 e. The summed E-state index contributed by atoms with van der Waals surface area (Å²) in [4.78, 5) is 2.19. The van der Waals surface area contributed by atoms with Gasteiger partial charge in [0.05, 0.1) is 29.6 Å². The Hall–Kier alpha value is -3.79. The van der Waals surface area contributed by atoms with E-state index in [1.54, 1.807) is 14.2 Å². The van der Waals surface area contributed by atoms with Crippen LogP contribution in [0.2, 0.25) is 0 Å². The minimum Gasteiger partial charge on any atom is -0.748 e. The van der Waals surface area contributed by atoms with Gasteiger partial charge in [-0.1, -0.05) is 61.7 Å². The van der Waals surface area contributed by atoms with Crippen LogP contribution < -0.4 is 43.9 Å². The van der Waals surface area contributed by atoms with Crippen LogP contribution in [0.4, 0.5) is 17.1 Å². The third-order valence-electron chi connectivity index (χ3n) is 10.1. The van der Waals surface area contributed by atoms with Crippen LogP contribution in [0.15, 0.2) is 115 Å². The first kappa shape index (κ1) is 36.0. The number of nitrogens with zero attached hydrogens (tertiary/aromatic N) is 2. The van der Waals surface area contributed by atoms with E-state index in [9.17, 15) is 13.0 Å². The Morgan fingerprint density at radius 2 is 1.22 bits per heavy atom. The predicted octanol–water partition coefficient (Wildman–Crippen LogP) is 6.84. The van der Waals surface area contributed by atoms with Gasteiger partial charge in [0.1, 0.15) is 11.5 Å². The standard InChI is InChI=1S/C41H42N2O5S.Na/c1-47-35-21-17-33(18-22-35)43(34-19-23-36(48-2)24-20-34)32-15-12-29(13-16-32)31-14-25-38-37-10-6-7-11-39(37)42(40(38)28-31)27-26-41(49(44,45)46)30-8-4-3-5-9-30;/h6-7,10-25,28,30,41H,3-5,8-9,26-27H2,1-2H3,(H,44,45,46);/q;+1/p-1. The molecule has 7 nitrogen and oxygen atoms in total. The second kappa shape index (κ2) is 15.6. The molecule has 7 rings (SSSR count). The van der Waals surface area contributed by atoms with Crippen LogP contribution in [0.5, 0.6) is 11.5 Å². The Bertz CT molecular complexity index is 2110. The number of hydrogen-bond donors (Lipinski definition) is 0. The predicted molar refractivity (Wildman–Crippen MR) is 197 cm³/mol. The number of fused-ring (bicyclic) bond motifs is 3. The summed E-state index contributed by atoms with van der Waals surface area (Å²) in [6.45, 7) is 0.466. The SMILES string of the molecule is COc1ccc(N(c2ccc(OC)cc2)c2ccc(-c3ccc4c5ccccc5n(CCC(C5CCCCC5)S(=O)(=O)[O-])c4c3)cc2)cc1.[Na+]. The quantitative estimate of drug-likeness (QED) is 0.109. The van der Waals surface area contributed by atoms with E-state index < -0.39 is 15.4 Å². The number of aryl methyl sites for hydroxylation is 1. The van der Waals surface area contributed by atoms with Gasteiger partial charge in [0.2, 0.25) is 0 Å². The maximum atomic E-state index is 12.5. The minimum atomic E-state index is -4.41. The Morgan fingerprint density at radius 1 is 0.700 bits per heavy atom. The zero-order valence-corrected chi connectivity index (χ0v) is 31.7. The van der Waals surface area contributed by atoms with Gasteiger partial charge in [-0.2, -0.15) is 0 Å². The molecule has 0 amide bonds. The van der Waals surface area contributed by atoms with Crippen molar-refractivity contribution in [3.8, 4) is 22.6 Å². The molecule has 1 aliphatic rings. The Morgan fingerprint density at radius 3 is 1.78 bits per heavy atom. The largest absolute Gasteiger partial charge is 1.00 e. The summed E-state index contributed by atoms with van der Waals surface area (Å²) in [5.74, 6) is 1.52. The summed E-state index contributed by atoms with van der Waals surface area (Å²) in [7, 11) is -1.09. The molecule has 1 aliphatic carbocycles. The number of ether oxygens (including phenoxy) is 2. The Labute approximate surface area is 316 Å².